The summed E-state index contributed by atoms with van der Waals surface area (Å²) < 4.78 is 8.43. The van der Waals surface area contributed by atoms with Crippen LogP contribution >= 0.6 is 0 Å². The van der Waals surface area contributed by atoms with Gasteiger partial charge in [-0.3, -0.25) is 34.0 Å². The molecule has 0 aliphatic carbocycles. The molecule has 4 aliphatic rings. The Morgan fingerprint density at radius 2 is 1.75 bits per heavy atom. The number of hydrazine groups is 1. The number of phenols is 1. The molecule has 3 fully saturated rings. The number of carbonyl (C=O) groups is 5. The van der Waals surface area contributed by atoms with Crippen LogP contribution in [0.5, 0.6) is 5.75 Å². The number of hydrogen-bond acceptors (Lipinski definition) is 10. The maximum atomic E-state index is 14.7. The number of aromatic hydroxyl groups is 1. The van der Waals surface area contributed by atoms with E-state index in [0.717, 1.165) is 44.5 Å². The lowest BCUT2D eigenvalue weighted by molar-refractivity contribution is -0.155. The molecular weight excluding hydrogens is 813 g/mol. The first-order chi connectivity index (χ1) is 30.5. The molecule has 6 heterocycles. The Balaban J connectivity index is 1.20. The fourth-order valence-electron chi connectivity index (χ4n) is 9.78. The Kier molecular flexibility index (Phi) is 12.6. The number of amides is 4. The van der Waals surface area contributed by atoms with Crippen molar-refractivity contribution in [1.29, 1.82) is 0 Å². The van der Waals surface area contributed by atoms with E-state index in [2.05, 4.69) is 78.8 Å². The van der Waals surface area contributed by atoms with Gasteiger partial charge in [0.05, 0.1) is 24.0 Å². The summed E-state index contributed by atoms with van der Waals surface area (Å²) in [5, 5.41) is 22.5. The summed E-state index contributed by atoms with van der Waals surface area (Å²) in [5.74, 6) is -2.21. The summed E-state index contributed by atoms with van der Waals surface area (Å²) in [4.78, 5) is 75.6. The molecule has 0 spiro atoms. The number of rotatable bonds is 9. The monoisotopic (exact) mass is 874 g/mol. The molecule has 3 saturated heterocycles. The van der Waals surface area contributed by atoms with E-state index in [1.807, 2.05) is 38.2 Å². The van der Waals surface area contributed by atoms with Gasteiger partial charge in [0.1, 0.15) is 29.9 Å². The zero-order valence-electron chi connectivity index (χ0n) is 38.0. The van der Waals surface area contributed by atoms with Gasteiger partial charge in [0, 0.05) is 60.7 Å². The third-order valence-electron chi connectivity index (χ3n) is 13.0. The van der Waals surface area contributed by atoms with Crippen LogP contribution in [0.25, 0.3) is 33.3 Å². The van der Waals surface area contributed by atoms with Gasteiger partial charge >= 0.3 is 5.97 Å². The fourth-order valence-corrected chi connectivity index (χ4v) is 9.78. The number of aryl methyl sites for hydroxylation is 1. The van der Waals surface area contributed by atoms with Crippen molar-refractivity contribution in [2.24, 2.45) is 11.3 Å². The molecule has 5 atom stereocenters. The van der Waals surface area contributed by atoms with E-state index in [-0.39, 0.29) is 61.6 Å². The van der Waals surface area contributed by atoms with Gasteiger partial charge in [0.15, 0.2) is 0 Å². The number of esters is 1. The quantitative estimate of drug-likeness (QED) is 0.117. The van der Waals surface area contributed by atoms with Crippen LogP contribution in [0.1, 0.15) is 90.5 Å². The Morgan fingerprint density at radius 3 is 2.47 bits per heavy atom. The lowest BCUT2D eigenvalue weighted by Crippen LogP contribution is -2.62. The molecule has 5 N–H and O–H groups in total. The standard InChI is InChI=1S/C49H62N8O7/c1-8-55-40-14-13-30-23-34(40)35(43(55)33-11-9-16-50-41(33)27(2)3)24-49(6,7)26-64-48(63)37-12-10-17-57(54-37)47(62)38(21-29-19-31(30)22-32(58)20-29)53-45(60)42(28(4)5)56-18-15-36(46(56)61)52-44(59)39-25-51-39/h9,11,13-14,16,19-20,22-23,27-28,36-39,42,51,54,58H,8,10,12,15,17-18,21,24-26H2,1-7H3,(H,52,59)(H,53,60)/t36-,37-,38-,39+,42-/m0/s1. The van der Waals surface area contributed by atoms with Crippen molar-refractivity contribution in [2.45, 2.75) is 123 Å². The van der Waals surface area contributed by atoms with Crippen molar-refractivity contribution >= 4 is 40.5 Å². The van der Waals surface area contributed by atoms with E-state index >= 15 is 0 Å². The van der Waals surface area contributed by atoms with Crippen LogP contribution in [0.4, 0.5) is 0 Å². The van der Waals surface area contributed by atoms with Gasteiger partial charge in [-0.15, -0.1) is 0 Å². The normalized spacial score (nSPS) is 23.0. The lowest BCUT2D eigenvalue weighted by atomic mass is 9.83. The Labute approximate surface area is 374 Å². The first-order valence-electron chi connectivity index (χ1n) is 22.9. The van der Waals surface area contributed by atoms with Crippen molar-refractivity contribution in [3.63, 3.8) is 0 Å². The van der Waals surface area contributed by atoms with E-state index < -0.39 is 47.4 Å². The number of nitrogens with zero attached hydrogens (tertiary/aromatic N) is 4. The van der Waals surface area contributed by atoms with Gasteiger partial charge in [0.25, 0.3) is 5.91 Å². The summed E-state index contributed by atoms with van der Waals surface area (Å²) in [6.07, 6.45) is 3.74. The molecule has 15 nitrogen and oxygen atoms in total. The molecule has 2 aromatic carbocycles. The number of aromatic nitrogens is 2. The summed E-state index contributed by atoms with van der Waals surface area (Å²) in [6, 6.07) is 11.7. The molecule has 2 aromatic heterocycles. The number of fused-ring (bicyclic) bond motifs is 6. The number of nitrogens with one attached hydrogen (secondary N) is 4. The molecule has 8 rings (SSSR count). The van der Waals surface area contributed by atoms with Crippen molar-refractivity contribution in [2.75, 3.05) is 26.2 Å². The SMILES string of the molecule is CCn1c(-c2cccnc2C(C)C)c2c3cc(ccc31)-c1cc(O)cc(c1)C[C@H](NC(=O)[C@H](C(C)C)N1CC[C@H](NC(=O)[C@H]3CN3)C1=O)C(=O)N1CCC[C@H](N1)C(=O)OCC(C)(C)C2. The van der Waals surface area contributed by atoms with Crippen LogP contribution in [0.3, 0.4) is 0 Å². The molecule has 0 radical (unpaired) electrons. The largest absolute Gasteiger partial charge is 0.508 e. The Hall–Kier alpha value is -5.80. The lowest BCUT2D eigenvalue weighted by Gasteiger charge is -2.36. The highest BCUT2D eigenvalue weighted by Crippen LogP contribution is 2.42. The molecule has 0 unspecified atom stereocenters. The molecule has 6 bridgehead atoms. The van der Waals surface area contributed by atoms with Gasteiger partial charge in [-0.2, -0.15) is 0 Å². The van der Waals surface area contributed by atoms with Gasteiger partial charge < -0.3 is 35.3 Å². The van der Waals surface area contributed by atoms with E-state index in [1.165, 1.54) is 9.91 Å². The first kappa shape index (κ1) is 44.8. The number of likely N-dealkylation sites (tertiary alicyclic amines) is 1. The van der Waals surface area contributed by atoms with Crippen LogP contribution in [0.2, 0.25) is 0 Å². The molecular formula is C49H62N8O7. The van der Waals surface area contributed by atoms with Crippen molar-refractivity contribution in [3.8, 4) is 28.1 Å². The highest BCUT2D eigenvalue weighted by Gasteiger charge is 2.44. The van der Waals surface area contributed by atoms with Gasteiger partial charge in [-0.05, 0) is 103 Å². The zero-order chi connectivity index (χ0) is 45.6. The predicted octanol–water partition coefficient (Wildman–Crippen LogP) is 4.58. The third-order valence-corrected chi connectivity index (χ3v) is 13.0. The van der Waals surface area contributed by atoms with Gasteiger partial charge in [-0.25, -0.2) is 5.43 Å². The average molecular weight is 875 g/mol. The molecule has 64 heavy (non-hydrogen) atoms. The maximum absolute atomic E-state index is 14.7. The van der Waals surface area contributed by atoms with Gasteiger partial charge in [0.2, 0.25) is 17.7 Å². The van der Waals surface area contributed by atoms with E-state index in [9.17, 15) is 29.1 Å². The minimum atomic E-state index is -1.15. The number of benzene rings is 2. The van der Waals surface area contributed by atoms with E-state index in [4.69, 9.17) is 9.72 Å². The van der Waals surface area contributed by atoms with Crippen molar-refractivity contribution in [3.05, 3.63) is 71.5 Å². The van der Waals surface area contributed by atoms with Crippen LogP contribution < -0.4 is 21.4 Å². The number of pyridine rings is 1. The zero-order valence-corrected chi connectivity index (χ0v) is 38.0. The number of carbonyl (C=O) groups excluding carboxylic acids is 5. The van der Waals surface area contributed by atoms with Crippen molar-refractivity contribution in [1.82, 2.24) is 40.8 Å². The summed E-state index contributed by atoms with van der Waals surface area (Å²) in [7, 11) is 0. The Morgan fingerprint density at radius 1 is 0.969 bits per heavy atom. The Bertz CT molecular complexity index is 2470. The topological polar surface area (TPSA) is 197 Å². The minimum Gasteiger partial charge on any atom is -0.508 e. The smallest absolute Gasteiger partial charge is 0.324 e. The number of ether oxygens (including phenoxy) is 1. The van der Waals surface area contributed by atoms with Crippen LogP contribution in [0.15, 0.2) is 54.7 Å². The second-order valence-electron chi connectivity index (χ2n) is 19.3. The van der Waals surface area contributed by atoms with Crippen LogP contribution in [-0.2, 0) is 48.1 Å². The first-order valence-corrected chi connectivity index (χ1v) is 22.9. The number of hydrogen-bond donors (Lipinski definition) is 5. The molecule has 0 saturated carbocycles. The molecule has 340 valence electrons. The van der Waals surface area contributed by atoms with E-state index in [0.29, 0.717) is 44.3 Å². The molecule has 15 heteroatoms. The maximum Gasteiger partial charge on any atom is 0.324 e. The summed E-state index contributed by atoms with van der Waals surface area (Å²) >= 11 is 0. The predicted molar refractivity (Wildman–Crippen MR) is 243 cm³/mol. The number of cyclic esters (lactones) is 1. The second-order valence-corrected chi connectivity index (χ2v) is 19.3. The van der Waals surface area contributed by atoms with E-state index in [1.54, 1.807) is 12.1 Å². The highest BCUT2D eigenvalue weighted by molar-refractivity contribution is 5.97. The molecule has 4 aromatic rings. The molecule has 4 aliphatic heterocycles. The summed E-state index contributed by atoms with van der Waals surface area (Å²) in [5.41, 5.74) is 10.1. The average Bonchev–Trinajstić information content (AvgIpc) is 4.01. The second kappa shape index (κ2) is 18.0. The highest BCUT2D eigenvalue weighted by atomic mass is 16.5. The summed E-state index contributed by atoms with van der Waals surface area (Å²) in [6.45, 7) is 16.2. The van der Waals surface area contributed by atoms with Gasteiger partial charge in [-0.1, -0.05) is 53.7 Å². The van der Waals surface area contributed by atoms with Crippen LogP contribution in [-0.4, -0.2) is 111 Å². The number of phenolic OH excluding ortho intramolecular Hbond substituents is 1. The van der Waals surface area contributed by atoms with Crippen LogP contribution in [0, 0.1) is 11.3 Å². The third kappa shape index (κ3) is 9.10. The van der Waals surface area contributed by atoms with Crippen molar-refractivity contribution < 1.29 is 33.8 Å². The minimum absolute atomic E-state index is 0.000694. The fraction of sp³-hybridized carbons (Fsp3) is 0.510. The molecule has 4 amide bonds.